The number of hydrogen-bond acceptors (Lipinski definition) is 2. The summed E-state index contributed by atoms with van der Waals surface area (Å²) < 4.78 is 7.52. The molecular formula is C17H24BrClN2OSi. The van der Waals surface area contributed by atoms with Gasteiger partial charge < -0.3 is 9.41 Å². The molecule has 1 aliphatic rings. The highest BCUT2D eigenvalue weighted by atomic mass is 79.9. The lowest BCUT2D eigenvalue weighted by Crippen LogP contribution is -2.42. The Hall–Kier alpha value is -0.363. The molecule has 2 heterocycles. The molecule has 1 atom stereocenters. The lowest BCUT2D eigenvalue weighted by Gasteiger charge is -2.40. The second-order valence-electron chi connectivity index (χ2n) is 7.93. The number of aromatic amines is 1. The van der Waals surface area contributed by atoms with E-state index >= 15 is 0 Å². The zero-order chi connectivity index (χ0) is 17.0. The number of halogens is 2. The van der Waals surface area contributed by atoms with E-state index < -0.39 is 8.32 Å². The minimum absolute atomic E-state index is 0.145. The molecule has 3 rings (SSSR count). The largest absolute Gasteiger partial charge is 0.408 e. The van der Waals surface area contributed by atoms with Crippen LogP contribution in [0.4, 0.5) is 0 Å². The second kappa shape index (κ2) is 5.87. The highest BCUT2D eigenvalue weighted by molar-refractivity contribution is 9.10. The molecule has 0 saturated heterocycles. The Morgan fingerprint density at radius 2 is 2.09 bits per heavy atom. The van der Waals surface area contributed by atoms with Crippen LogP contribution in [0.25, 0.3) is 11.0 Å². The van der Waals surface area contributed by atoms with Crippen LogP contribution in [0.1, 0.15) is 51.0 Å². The topological polar surface area (TPSA) is 37.9 Å². The molecule has 0 bridgehead atoms. The molecule has 0 aromatic carbocycles. The maximum absolute atomic E-state index is 6.69. The van der Waals surface area contributed by atoms with Crippen molar-refractivity contribution in [2.24, 2.45) is 0 Å². The highest BCUT2D eigenvalue weighted by Crippen LogP contribution is 2.44. The predicted molar refractivity (Wildman–Crippen MR) is 103 cm³/mol. The van der Waals surface area contributed by atoms with Crippen molar-refractivity contribution in [3.63, 3.8) is 0 Å². The van der Waals surface area contributed by atoms with Crippen LogP contribution in [0.5, 0.6) is 0 Å². The Balaban J connectivity index is 2.03. The van der Waals surface area contributed by atoms with Crippen molar-refractivity contribution in [3.05, 3.63) is 26.9 Å². The third-order valence-corrected chi connectivity index (χ3v) is 10.9. The summed E-state index contributed by atoms with van der Waals surface area (Å²) in [7, 11) is -1.81. The van der Waals surface area contributed by atoms with Gasteiger partial charge in [0.15, 0.2) is 8.32 Å². The van der Waals surface area contributed by atoms with E-state index in [1.807, 2.05) is 6.07 Å². The molecule has 0 fully saturated rings. The summed E-state index contributed by atoms with van der Waals surface area (Å²) in [5, 5.41) is 0.730. The monoisotopic (exact) mass is 414 g/mol. The Labute approximate surface area is 152 Å². The molecule has 0 saturated carbocycles. The maximum atomic E-state index is 6.69. The van der Waals surface area contributed by atoms with Crippen molar-refractivity contribution in [1.82, 2.24) is 9.97 Å². The molecule has 3 nitrogen and oxygen atoms in total. The summed E-state index contributed by atoms with van der Waals surface area (Å²) in [6.07, 6.45) is 3.39. The first kappa shape index (κ1) is 17.5. The fraction of sp³-hybridized carbons (Fsp3) is 0.588. The third kappa shape index (κ3) is 3.13. The minimum Gasteiger partial charge on any atom is -0.408 e. The Morgan fingerprint density at radius 1 is 1.39 bits per heavy atom. The number of nitrogens with zero attached hydrogens (tertiary/aromatic N) is 1. The fourth-order valence-electron chi connectivity index (χ4n) is 2.93. The third-order valence-electron chi connectivity index (χ3n) is 5.27. The van der Waals surface area contributed by atoms with Crippen LogP contribution in [-0.4, -0.2) is 18.3 Å². The van der Waals surface area contributed by atoms with Crippen molar-refractivity contribution < 1.29 is 4.43 Å². The number of hydrogen-bond donors (Lipinski definition) is 1. The smallest absolute Gasteiger partial charge is 0.192 e. The van der Waals surface area contributed by atoms with Crippen molar-refractivity contribution in [1.29, 1.82) is 0 Å². The van der Waals surface area contributed by atoms with Gasteiger partial charge in [0.1, 0.15) is 5.15 Å². The second-order valence-corrected chi connectivity index (χ2v) is 13.9. The van der Waals surface area contributed by atoms with Gasteiger partial charge in [-0.3, -0.25) is 0 Å². The molecule has 0 spiro atoms. The summed E-state index contributed by atoms with van der Waals surface area (Å²) in [5.74, 6) is 0. The number of fused-ring (bicyclic) bond motifs is 3. The number of pyridine rings is 1. The zero-order valence-electron chi connectivity index (χ0n) is 14.4. The summed E-state index contributed by atoms with van der Waals surface area (Å²) in [4.78, 5) is 8.13. The lowest BCUT2D eigenvalue weighted by atomic mass is 9.95. The quantitative estimate of drug-likeness (QED) is 0.456. The van der Waals surface area contributed by atoms with Gasteiger partial charge in [-0.1, -0.05) is 32.4 Å². The van der Waals surface area contributed by atoms with Crippen LogP contribution in [0, 0.1) is 0 Å². The van der Waals surface area contributed by atoms with Crippen LogP contribution < -0.4 is 0 Å². The van der Waals surface area contributed by atoms with Gasteiger partial charge in [-0.05, 0) is 59.4 Å². The van der Waals surface area contributed by atoms with Crippen LogP contribution in [0.15, 0.2) is 10.5 Å². The van der Waals surface area contributed by atoms with Crippen molar-refractivity contribution >= 4 is 46.9 Å². The standard InChI is InChI=1S/C17H24BrClN2OSi/c1-17(2,3)23(4,5)22-13-8-6-7-10-14-12(20-15(10)13)9-11(18)16(19)21-14/h9,13,20H,6-8H2,1-5H3. The molecule has 0 amide bonds. The number of rotatable bonds is 2. The van der Waals surface area contributed by atoms with E-state index in [0.717, 1.165) is 34.8 Å². The first-order chi connectivity index (χ1) is 10.6. The molecule has 2 aromatic heterocycles. The molecule has 2 aromatic rings. The summed E-state index contributed by atoms with van der Waals surface area (Å²) >= 11 is 9.65. The molecule has 126 valence electrons. The maximum Gasteiger partial charge on any atom is 0.192 e. The number of aryl methyl sites for hydroxylation is 1. The molecule has 0 radical (unpaired) electrons. The number of aromatic nitrogens is 2. The summed E-state index contributed by atoms with van der Waals surface area (Å²) in [5.41, 5.74) is 4.52. The van der Waals surface area contributed by atoms with Crippen LogP contribution in [-0.2, 0) is 10.8 Å². The van der Waals surface area contributed by atoms with Gasteiger partial charge in [-0.2, -0.15) is 0 Å². The average Bonchev–Trinajstić information content (AvgIpc) is 2.77. The van der Waals surface area contributed by atoms with Gasteiger partial charge in [0, 0.05) is 11.3 Å². The molecule has 1 aliphatic carbocycles. The van der Waals surface area contributed by atoms with Crippen LogP contribution in [0.3, 0.4) is 0 Å². The Kier molecular flexibility index (Phi) is 4.45. The van der Waals surface area contributed by atoms with E-state index in [2.05, 4.69) is 59.8 Å². The van der Waals surface area contributed by atoms with Crippen molar-refractivity contribution in [3.8, 4) is 0 Å². The van der Waals surface area contributed by atoms with E-state index in [-0.39, 0.29) is 11.1 Å². The van der Waals surface area contributed by atoms with E-state index in [0.29, 0.717) is 5.15 Å². The molecule has 1 unspecified atom stereocenters. The summed E-state index contributed by atoms with van der Waals surface area (Å²) in [6.45, 7) is 11.5. The van der Waals surface area contributed by atoms with Gasteiger partial charge in [0.25, 0.3) is 0 Å². The first-order valence-electron chi connectivity index (χ1n) is 8.14. The van der Waals surface area contributed by atoms with Gasteiger partial charge in [-0.25, -0.2) is 4.98 Å². The SMILES string of the molecule is CC(C)(C)[Si](C)(C)OC1CCCc2c1[nH]c1cc(Br)c(Cl)nc21. The molecule has 6 heteroatoms. The van der Waals surface area contributed by atoms with Gasteiger partial charge in [-0.15, -0.1) is 0 Å². The van der Waals surface area contributed by atoms with E-state index in [1.54, 1.807) is 0 Å². The van der Waals surface area contributed by atoms with Gasteiger partial charge in [0.2, 0.25) is 0 Å². The van der Waals surface area contributed by atoms with Crippen LogP contribution in [0.2, 0.25) is 23.3 Å². The van der Waals surface area contributed by atoms with Crippen LogP contribution >= 0.6 is 27.5 Å². The van der Waals surface area contributed by atoms with Crippen molar-refractivity contribution in [2.75, 3.05) is 0 Å². The molecule has 1 N–H and O–H groups in total. The average molecular weight is 416 g/mol. The predicted octanol–water partition coefficient (Wildman–Crippen LogP) is 6.38. The van der Waals surface area contributed by atoms with Gasteiger partial charge >= 0.3 is 0 Å². The Bertz CT molecular complexity index is 751. The first-order valence-corrected chi connectivity index (χ1v) is 12.2. The summed E-state index contributed by atoms with van der Waals surface area (Å²) in [6, 6.07) is 2.02. The lowest BCUT2D eigenvalue weighted by molar-refractivity contribution is 0.160. The number of nitrogens with one attached hydrogen (secondary N) is 1. The zero-order valence-corrected chi connectivity index (χ0v) is 17.7. The van der Waals surface area contributed by atoms with Crippen molar-refractivity contribution in [2.45, 2.75) is 64.3 Å². The van der Waals surface area contributed by atoms with E-state index in [4.69, 9.17) is 16.0 Å². The molecule has 23 heavy (non-hydrogen) atoms. The normalized spacial score (nSPS) is 19.2. The fourth-order valence-corrected chi connectivity index (χ4v) is 4.68. The minimum atomic E-state index is -1.81. The van der Waals surface area contributed by atoms with Gasteiger partial charge in [0.05, 0.1) is 21.6 Å². The highest BCUT2D eigenvalue weighted by Gasteiger charge is 2.40. The number of H-pyrrole nitrogens is 1. The molecule has 0 aliphatic heterocycles. The Morgan fingerprint density at radius 3 is 2.74 bits per heavy atom. The van der Waals surface area contributed by atoms with E-state index in [9.17, 15) is 0 Å². The molecular weight excluding hydrogens is 392 g/mol. The van der Waals surface area contributed by atoms with E-state index in [1.165, 1.54) is 11.3 Å².